The third-order valence-electron chi connectivity index (χ3n) is 3.10. The van der Waals surface area contributed by atoms with Crippen LogP contribution < -0.4 is 4.74 Å². The molecule has 0 atom stereocenters. The maximum atomic E-state index is 11.0. The van der Waals surface area contributed by atoms with Crippen molar-refractivity contribution in [3.05, 3.63) is 56.6 Å². The number of aromatic hydroxyl groups is 1. The van der Waals surface area contributed by atoms with Gasteiger partial charge >= 0.3 is 5.69 Å². The van der Waals surface area contributed by atoms with Gasteiger partial charge in [0.05, 0.1) is 17.2 Å². The average Bonchev–Trinajstić information content (AvgIpc) is 2.50. The number of ether oxygens (including phenoxy) is 1. The van der Waals surface area contributed by atoms with Crippen LogP contribution >= 0.6 is 11.6 Å². The van der Waals surface area contributed by atoms with Crippen molar-refractivity contribution in [1.82, 2.24) is 0 Å². The van der Waals surface area contributed by atoms with Crippen molar-refractivity contribution in [2.75, 3.05) is 6.61 Å². The highest BCUT2D eigenvalue weighted by Gasteiger charge is 2.19. The minimum absolute atomic E-state index is 0.0472. The van der Waals surface area contributed by atoms with Crippen LogP contribution in [0.2, 0.25) is 5.02 Å². The van der Waals surface area contributed by atoms with E-state index in [0.717, 1.165) is 5.56 Å². The van der Waals surface area contributed by atoms with Gasteiger partial charge in [0.15, 0.2) is 5.75 Å². The number of nitrogens with zero attached hydrogens (tertiary/aromatic N) is 2. The summed E-state index contributed by atoms with van der Waals surface area (Å²) in [6.07, 6.45) is 1.47. The highest BCUT2D eigenvalue weighted by molar-refractivity contribution is 6.30. The van der Waals surface area contributed by atoms with E-state index in [9.17, 15) is 15.2 Å². The summed E-state index contributed by atoms with van der Waals surface area (Å²) in [5, 5.41) is 21.4. The Morgan fingerprint density at radius 3 is 2.78 bits per heavy atom. The third-order valence-corrected chi connectivity index (χ3v) is 3.33. The minimum atomic E-state index is -0.667. The molecule has 0 heterocycles. The van der Waals surface area contributed by atoms with Gasteiger partial charge in [0.25, 0.3) is 0 Å². The standard InChI is InChI=1S/C16H15ClN2O4/c1-3-23-15-7-11(6-14(16(15)20)19(21)22)9-18-13-8-12(17)5-4-10(13)2/h4-9,20H,3H2,1-2H3. The lowest BCUT2D eigenvalue weighted by molar-refractivity contribution is -0.386. The molecular formula is C16H15ClN2O4. The van der Waals surface area contributed by atoms with Gasteiger partial charge in [-0.2, -0.15) is 0 Å². The van der Waals surface area contributed by atoms with Crippen LogP contribution in [-0.4, -0.2) is 22.9 Å². The van der Waals surface area contributed by atoms with Gasteiger partial charge < -0.3 is 9.84 Å². The van der Waals surface area contributed by atoms with Gasteiger partial charge in [-0.1, -0.05) is 17.7 Å². The molecule has 120 valence electrons. The number of aliphatic imine (C=N–C) groups is 1. The van der Waals surface area contributed by atoms with Gasteiger partial charge in [0.1, 0.15) is 0 Å². The summed E-state index contributed by atoms with van der Waals surface area (Å²) in [5.41, 5.74) is 1.59. The predicted molar refractivity (Wildman–Crippen MR) is 89.4 cm³/mol. The lowest BCUT2D eigenvalue weighted by atomic mass is 10.1. The molecule has 23 heavy (non-hydrogen) atoms. The van der Waals surface area contributed by atoms with Crippen molar-refractivity contribution in [3.63, 3.8) is 0 Å². The molecule has 0 aromatic heterocycles. The van der Waals surface area contributed by atoms with Crippen molar-refractivity contribution in [1.29, 1.82) is 0 Å². The van der Waals surface area contributed by atoms with Gasteiger partial charge in [0, 0.05) is 22.9 Å². The average molecular weight is 335 g/mol. The van der Waals surface area contributed by atoms with E-state index in [2.05, 4.69) is 4.99 Å². The van der Waals surface area contributed by atoms with Crippen molar-refractivity contribution < 1.29 is 14.8 Å². The van der Waals surface area contributed by atoms with Crippen LogP contribution in [0.3, 0.4) is 0 Å². The van der Waals surface area contributed by atoms with E-state index in [1.165, 1.54) is 18.3 Å². The molecule has 0 unspecified atom stereocenters. The zero-order chi connectivity index (χ0) is 17.0. The van der Waals surface area contributed by atoms with Crippen LogP contribution in [0.1, 0.15) is 18.1 Å². The molecule has 6 nitrogen and oxygen atoms in total. The first-order valence-electron chi connectivity index (χ1n) is 6.86. The zero-order valence-corrected chi connectivity index (χ0v) is 13.4. The largest absolute Gasteiger partial charge is 0.500 e. The van der Waals surface area contributed by atoms with Gasteiger partial charge in [-0.25, -0.2) is 0 Å². The number of rotatable bonds is 5. The Morgan fingerprint density at radius 1 is 1.39 bits per heavy atom. The maximum Gasteiger partial charge on any atom is 0.315 e. The van der Waals surface area contributed by atoms with Gasteiger partial charge in [0.2, 0.25) is 5.75 Å². The Morgan fingerprint density at radius 2 is 2.13 bits per heavy atom. The maximum absolute atomic E-state index is 11.0. The Kier molecular flexibility index (Phi) is 5.18. The Bertz CT molecular complexity index is 775. The predicted octanol–water partition coefficient (Wildman–Crippen LogP) is 4.41. The van der Waals surface area contributed by atoms with Crippen LogP contribution in [0.25, 0.3) is 0 Å². The quantitative estimate of drug-likeness (QED) is 0.498. The van der Waals surface area contributed by atoms with Crippen LogP contribution in [-0.2, 0) is 0 Å². The summed E-state index contributed by atoms with van der Waals surface area (Å²) >= 11 is 5.94. The number of halogens is 1. The topological polar surface area (TPSA) is 85.0 Å². The summed E-state index contributed by atoms with van der Waals surface area (Å²) in [7, 11) is 0. The van der Waals surface area contributed by atoms with E-state index in [-0.39, 0.29) is 12.4 Å². The lowest BCUT2D eigenvalue weighted by Gasteiger charge is -2.07. The molecule has 0 aliphatic carbocycles. The molecule has 7 heteroatoms. The molecule has 1 N–H and O–H groups in total. The van der Waals surface area contributed by atoms with E-state index >= 15 is 0 Å². The zero-order valence-electron chi connectivity index (χ0n) is 12.6. The minimum Gasteiger partial charge on any atom is -0.500 e. The smallest absolute Gasteiger partial charge is 0.315 e. The SMILES string of the molecule is CCOc1cc(C=Nc2cc(Cl)ccc2C)cc([N+](=O)[O-])c1O. The Balaban J connectivity index is 2.44. The number of phenolic OH excluding ortho intramolecular Hbond substituents is 1. The van der Waals surface area contributed by atoms with Crippen molar-refractivity contribution in [2.45, 2.75) is 13.8 Å². The molecule has 2 rings (SSSR count). The fourth-order valence-electron chi connectivity index (χ4n) is 1.96. The Hall–Kier alpha value is -2.60. The second kappa shape index (κ2) is 7.11. The summed E-state index contributed by atoms with van der Waals surface area (Å²) in [5.74, 6) is -0.445. The fraction of sp³-hybridized carbons (Fsp3) is 0.188. The van der Waals surface area contributed by atoms with Gasteiger partial charge in [-0.05, 0) is 37.6 Å². The van der Waals surface area contributed by atoms with E-state index in [0.29, 0.717) is 16.3 Å². The number of nitro groups is 1. The second-order valence-electron chi connectivity index (χ2n) is 4.77. The van der Waals surface area contributed by atoms with E-state index in [4.69, 9.17) is 16.3 Å². The van der Waals surface area contributed by atoms with Crippen LogP contribution in [0.4, 0.5) is 11.4 Å². The van der Waals surface area contributed by atoms with Crippen molar-refractivity contribution >= 4 is 29.2 Å². The van der Waals surface area contributed by atoms with Crippen LogP contribution in [0.15, 0.2) is 35.3 Å². The van der Waals surface area contributed by atoms with Crippen molar-refractivity contribution in [2.24, 2.45) is 4.99 Å². The summed E-state index contributed by atoms with van der Waals surface area (Å²) in [4.78, 5) is 14.7. The molecule has 0 radical (unpaired) electrons. The normalized spacial score (nSPS) is 10.9. The molecular weight excluding hydrogens is 320 g/mol. The van der Waals surface area contributed by atoms with Gasteiger partial charge in [-0.15, -0.1) is 0 Å². The van der Waals surface area contributed by atoms with Crippen LogP contribution in [0, 0.1) is 17.0 Å². The van der Waals surface area contributed by atoms with E-state index in [1.807, 2.05) is 13.0 Å². The molecule has 0 amide bonds. The summed E-state index contributed by atoms with van der Waals surface area (Å²) in [6.45, 7) is 3.88. The fourth-order valence-corrected chi connectivity index (χ4v) is 2.13. The Labute approximate surface area is 138 Å². The summed E-state index contributed by atoms with van der Waals surface area (Å²) < 4.78 is 5.23. The van der Waals surface area contributed by atoms with Gasteiger partial charge in [-0.3, -0.25) is 15.1 Å². The van der Waals surface area contributed by atoms with Crippen LogP contribution in [0.5, 0.6) is 11.5 Å². The molecule has 0 aliphatic rings. The first-order chi connectivity index (χ1) is 10.9. The molecule has 0 spiro atoms. The number of aryl methyl sites for hydroxylation is 1. The van der Waals surface area contributed by atoms with E-state index in [1.54, 1.807) is 19.1 Å². The highest BCUT2D eigenvalue weighted by atomic mass is 35.5. The number of nitro benzene ring substituents is 1. The lowest BCUT2D eigenvalue weighted by Crippen LogP contribution is -1.97. The third kappa shape index (κ3) is 3.98. The van der Waals surface area contributed by atoms with E-state index < -0.39 is 16.4 Å². The molecule has 0 saturated heterocycles. The number of hydrogen-bond donors (Lipinski definition) is 1. The molecule has 0 aliphatic heterocycles. The van der Waals surface area contributed by atoms with Crippen molar-refractivity contribution in [3.8, 4) is 11.5 Å². The number of benzene rings is 2. The monoisotopic (exact) mass is 334 g/mol. The molecule has 0 bridgehead atoms. The highest BCUT2D eigenvalue weighted by Crippen LogP contribution is 2.37. The number of hydrogen-bond acceptors (Lipinski definition) is 5. The molecule has 0 saturated carbocycles. The first kappa shape index (κ1) is 16.8. The first-order valence-corrected chi connectivity index (χ1v) is 7.24. The molecule has 2 aromatic carbocycles. The summed E-state index contributed by atoms with van der Waals surface area (Å²) in [6, 6.07) is 8.02. The number of phenols is 1. The molecule has 0 fully saturated rings. The molecule has 2 aromatic rings. The second-order valence-corrected chi connectivity index (χ2v) is 5.20.